The molecule has 2 amide bonds. The number of rotatable bonds is 8. The second kappa shape index (κ2) is 10.7. The van der Waals surface area contributed by atoms with Crippen molar-refractivity contribution in [3.8, 4) is 5.75 Å². The molecule has 1 atom stereocenters. The third-order valence-corrected chi connectivity index (χ3v) is 5.32. The smallest absolute Gasteiger partial charge is 0.262 e. The van der Waals surface area contributed by atoms with E-state index in [-0.39, 0.29) is 24.5 Å². The van der Waals surface area contributed by atoms with Gasteiger partial charge >= 0.3 is 0 Å². The molecule has 0 saturated carbocycles. The first kappa shape index (κ1) is 21.7. The van der Waals surface area contributed by atoms with E-state index in [2.05, 4.69) is 15.5 Å². The number of carbonyl (C=O) groups is 2. The van der Waals surface area contributed by atoms with Gasteiger partial charge in [-0.1, -0.05) is 25.1 Å². The van der Waals surface area contributed by atoms with Crippen molar-refractivity contribution in [2.45, 2.75) is 45.6 Å². The Morgan fingerprint density at radius 3 is 2.50 bits per heavy atom. The predicted molar refractivity (Wildman–Crippen MR) is 120 cm³/mol. The molecule has 6 heteroatoms. The summed E-state index contributed by atoms with van der Waals surface area (Å²) in [5, 5.41) is 5.89. The van der Waals surface area contributed by atoms with Gasteiger partial charge in [0.25, 0.3) is 11.8 Å². The van der Waals surface area contributed by atoms with E-state index in [0.29, 0.717) is 17.0 Å². The largest absolute Gasteiger partial charge is 0.484 e. The second-order valence-electron chi connectivity index (χ2n) is 7.71. The van der Waals surface area contributed by atoms with E-state index in [0.717, 1.165) is 38.0 Å². The van der Waals surface area contributed by atoms with Crippen LogP contribution in [0, 0.1) is 0 Å². The summed E-state index contributed by atoms with van der Waals surface area (Å²) in [6, 6.07) is 14.9. The van der Waals surface area contributed by atoms with Crippen LogP contribution in [0.1, 0.15) is 49.9 Å². The maximum absolute atomic E-state index is 13.0. The fourth-order valence-electron chi connectivity index (χ4n) is 3.47. The number of nitrogens with zero attached hydrogens (tertiary/aromatic N) is 1. The van der Waals surface area contributed by atoms with E-state index in [1.165, 1.54) is 6.42 Å². The van der Waals surface area contributed by atoms with Crippen LogP contribution < -0.4 is 20.3 Å². The molecule has 1 heterocycles. The maximum Gasteiger partial charge on any atom is 0.262 e. The zero-order valence-electron chi connectivity index (χ0n) is 17.8. The van der Waals surface area contributed by atoms with Gasteiger partial charge in [-0.3, -0.25) is 9.59 Å². The molecule has 2 aromatic carbocycles. The Kier molecular flexibility index (Phi) is 7.71. The van der Waals surface area contributed by atoms with Crippen molar-refractivity contribution in [3.63, 3.8) is 0 Å². The topological polar surface area (TPSA) is 70.7 Å². The Labute approximate surface area is 178 Å². The van der Waals surface area contributed by atoms with Crippen LogP contribution in [0.4, 0.5) is 11.4 Å². The highest BCUT2D eigenvalue weighted by Crippen LogP contribution is 2.27. The summed E-state index contributed by atoms with van der Waals surface area (Å²) < 4.78 is 5.50. The van der Waals surface area contributed by atoms with Crippen molar-refractivity contribution in [2.24, 2.45) is 0 Å². The lowest BCUT2D eigenvalue weighted by Crippen LogP contribution is -2.35. The Bertz CT molecular complexity index is 848. The fourth-order valence-corrected chi connectivity index (χ4v) is 3.47. The molecule has 0 unspecified atom stereocenters. The highest BCUT2D eigenvalue weighted by atomic mass is 16.5. The fraction of sp³-hybridized carbons (Fsp3) is 0.417. The zero-order valence-corrected chi connectivity index (χ0v) is 17.8. The van der Waals surface area contributed by atoms with Gasteiger partial charge in [0.15, 0.2) is 6.61 Å². The van der Waals surface area contributed by atoms with Gasteiger partial charge in [-0.15, -0.1) is 0 Å². The standard InChI is InChI=1S/C24H31N3O3/c1-3-18(2)25-24(29)21-16-19(12-13-22(21)27-14-8-5-9-15-27)26-23(28)17-30-20-10-6-4-7-11-20/h4,6-7,10-13,16,18H,3,5,8-9,14-15,17H2,1-2H3,(H,25,29)(H,26,28)/t18-/m1/s1. The highest BCUT2D eigenvalue weighted by Gasteiger charge is 2.20. The van der Waals surface area contributed by atoms with Crippen LogP contribution in [0.25, 0.3) is 0 Å². The lowest BCUT2D eigenvalue weighted by Gasteiger charge is -2.31. The molecule has 1 fully saturated rings. The number of benzene rings is 2. The quantitative estimate of drug-likeness (QED) is 0.685. The van der Waals surface area contributed by atoms with Crippen LogP contribution in [0.2, 0.25) is 0 Å². The maximum atomic E-state index is 13.0. The van der Waals surface area contributed by atoms with Gasteiger partial charge in [-0.25, -0.2) is 0 Å². The van der Waals surface area contributed by atoms with Gasteiger partial charge in [-0.05, 0) is 62.9 Å². The number of hydrogen-bond acceptors (Lipinski definition) is 4. The number of carbonyl (C=O) groups excluding carboxylic acids is 2. The van der Waals surface area contributed by atoms with Crippen molar-refractivity contribution < 1.29 is 14.3 Å². The molecule has 0 spiro atoms. The molecule has 160 valence electrons. The summed E-state index contributed by atoms with van der Waals surface area (Å²) in [4.78, 5) is 27.5. The summed E-state index contributed by atoms with van der Waals surface area (Å²) in [5.74, 6) is 0.265. The molecule has 30 heavy (non-hydrogen) atoms. The van der Waals surface area contributed by atoms with Crippen LogP contribution in [0.3, 0.4) is 0 Å². The van der Waals surface area contributed by atoms with E-state index < -0.39 is 0 Å². The number of nitrogens with one attached hydrogen (secondary N) is 2. The molecule has 1 aliphatic rings. The molecule has 2 aromatic rings. The molecule has 2 N–H and O–H groups in total. The SMILES string of the molecule is CC[C@@H](C)NC(=O)c1cc(NC(=O)COc2ccccc2)ccc1N1CCCCC1. The summed E-state index contributed by atoms with van der Waals surface area (Å²) in [5.41, 5.74) is 2.11. The number of amides is 2. The third kappa shape index (κ3) is 5.99. The van der Waals surface area contributed by atoms with E-state index in [9.17, 15) is 9.59 Å². The number of para-hydroxylation sites is 1. The molecule has 1 saturated heterocycles. The molecule has 0 bridgehead atoms. The Hall–Kier alpha value is -3.02. The first-order valence-corrected chi connectivity index (χ1v) is 10.7. The van der Waals surface area contributed by atoms with Crippen LogP contribution >= 0.6 is 0 Å². The molecule has 0 radical (unpaired) electrons. The number of ether oxygens (including phenoxy) is 1. The third-order valence-electron chi connectivity index (χ3n) is 5.32. The van der Waals surface area contributed by atoms with E-state index >= 15 is 0 Å². The van der Waals surface area contributed by atoms with Gasteiger partial charge in [0, 0.05) is 30.5 Å². The van der Waals surface area contributed by atoms with Gasteiger partial charge in [0.2, 0.25) is 0 Å². The zero-order chi connectivity index (χ0) is 21.3. The average Bonchev–Trinajstić information content (AvgIpc) is 2.78. The molecular formula is C24H31N3O3. The summed E-state index contributed by atoms with van der Waals surface area (Å²) in [6.45, 7) is 5.83. The van der Waals surface area contributed by atoms with Gasteiger partial charge in [0.05, 0.1) is 5.56 Å². The van der Waals surface area contributed by atoms with Gasteiger partial charge in [0.1, 0.15) is 5.75 Å². The minimum absolute atomic E-state index is 0.0872. The van der Waals surface area contributed by atoms with Gasteiger partial charge < -0.3 is 20.3 Å². The first-order valence-electron chi connectivity index (χ1n) is 10.7. The Morgan fingerprint density at radius 2 is 1.80 bits per heavy atom. The van der Waals surface area contributed by atoms with Gasteiger partial charge in [-0.2, -0.15) is 0 Å². The second-order valence-corrected chi connectivity index (χ2v) is 7.71. The van der Waals surface area contributed by atoms with Crippen molar-refractivity contribution in [2.75, 3.05) is 29.9 Å². The molecule has 0 aliphatic carbocycles. The van der Waals surface area contributed by atoms with Crippen LogP contribution in [-0.2, 0) is 4.79 Å². The van der Waals surface area contributed by atoms with Crippen LogP contribution in [0.15, 0.2) is 48.5 Å². The molecular weight excluding hydrogens is 378 g/mol. The number of anilines is 2. The van der Waals surface area contributed by atoms with E-state index in [1.54, 1.807) is 18.2 Å². The van der Waals surface area contributed by atoms with E-state index in [4.69, 9.17) is 4.74 Å². The normalized spacial score (nSPS) is 14.7. The van der Waals surface area contributed by atoms with Crippen molar-refractivity contribution in [1.29, 1.82) is 0 Å². The summed E-state index contributed by atoms with van der Waals surface area (Å²) in [6.07, 6.45) is 4.34. The lowest BCUT2D eigenvalue weighted by atomic mass is 10.1. The van der Waals surface area contributed by atoms with Crippen LogP contribution in [-0.4, -0.2) is 37.6 Å². The Balaban J connectivity index is 1.73. The summed E-state index contributed by atoms with van der Waals surface area (Å²) >= 11 is 0. The predicted octanol–water partition coefficient (Wildman–Crippen LogP) is 4.22. The average molecular weight is 410 g/mol. The van der Waals surface area contributed by atoms with Crippen LogP contribution in [0.5, 0.6) is 5.75 Å². The molecule has 1 aliphatic heterocycles. The highest BCUT2D eigenvalue weighted by molar-refractivity contribution is 6.02. The molecule has 3 rings (SSSR count). The Morgan fingerprint density at radius 1 is 1.07 bits per heavy atom. The summed E-state index contributed by atoms with van der Waals surface area (Å²) in [7, 11) is 0. The van der Waals surface area contributed by atoms with E-state index in [1.807, 2.05) is 44.2 Å². The monoisotopic (exact) mass is 409 g/mol. The lowest BCUT2D eigenvalue weighted by molar-refractivity contribution is -0.118. The molecule has 6 nitrogen and oxygen atoms in total. The minimum atomic E-state index is -0.266. The first-order chi connectivity index (χ1) is 14.6. The molecule has 0 aromatic heterocycles. The van der Waals surface area contributed by atoms with Crippen molar-refractivity contribution in [3.05, 3.63) is 54.1 Å². The number of hydrogen-bond donors (Lipinski definition) is 2. The van der Waals surface area contributed by atoms with Crippen molar-refractivity contribution >= 4 is 23.2 Å². The number of piperidine rings is 1. The minimum Gasteiger partial charge on any atom is -0.484 e. The van der Waals surface area contributed by atoms with Crippen molar-refractivity contribution in [1.82, 2.24) is 5.32 Å².